The van der Waals surface area contributed by atoms with Crippen LogP contribution in [0.1, 0.15) is 23.6 Å². The molecular formula is C29H40F3N5O4. The van der Waals surface area contributed by atoms with Crippen molar-refractivity contribution in [1.29, 1.82) is 0 Å². The number of benzene rings is 2. The minimum atomic E-state index is -4.45. The highest BCUT2D eigenvalue weighted by Crippen LogP contribution is 2.33. The standard InChI is InChI=1S/C29H40F3N5O4/c1-20(19-40-3)34-17-22-16-23(29(30,31)32)7-10-26(22)36-11-13-37(14-12-36)28(39)25(35-27(38)18-33-2)15-21-5-8-24(41-4)9-6-21/h5-10,16,20,25,33-34H,11-15,17-19H2,1-4H3,(H,35,38)/t20?,25-/m1/s1. The second-order valence-electron chi connectivity index (χ2n) is 10.1. The Morgan fingerprint density at radius 3 is 2.29 bits per heavy atom. The Morgan fingerprint density at radius 1 is 1.02 bits per heavy atom. The van der Waals surface area contributed by atoms with Gasteiger partial charge in [0.15, 0.2) is 0 Å². The number of likely N-dealkylation sites (N-methyl/N-ethyl adjacent to an activating group) is 1. The fourth-order valence-corrected chi connectivity index (χ4v) is 4.80. The first-order valence-electron chi connectivity index (χ1n) is 13.6. The van der Waals surface area contributed by atoms with E-state index in [9.17, 15) is 22.8 Å². The number of hydrogen-bond acceptors (Lipinski definition) is 7. The summed E-state index contributed by atoms with van der Waals surface area (Å²) in [7, 11) is 4.80. The van der Waals surface area contributed by atoms with Crippen LogP contribution in [0, 0.1) is 0 Å². The predicted octanol–water partition coefficient (Wildman–Crippen LogP) is 2.43. The molecule has 0 bridgehead atoms. The Balaban J connectivity index is 1.73. The fourth-order valence-electron chi connectivity index (χ4n) is 4.80. The molecule has 0 radical (unpaired) electrons. The van der Waals surface area contributed by atoms with Gasteiger partial charge >= 0.3 is 6.18 Å². The van der Waals surface area contributed by atoms with Gasteiger partial charge in [-0.05, 0) is 55.4 Å². The molecule has 1 unspecified atom stereocenters. The van der Waals surface area contributed by atoms with E-state index in [1.807, 2.05) is 24.0 Å². The van der Waals surface area contributed by atoms with Gasteiger partial charge < -0.3 is 35.2 Å². The molecule has 2 aromatic carbocycles. The number of carbonyl (C=O) groups is 2. The first kappa shape index (κ1) is 32.2. The Morgan fingerprint density at radius 2 is 1.71 bits per heavy atom. The van der Waals surface area contributed by atoms with E-state index in [1.54, 1.807) is 38.3 Å². The minimum absolute atomic E-state index is 0.0439. The number of rotatable bonds is 13. The topological polar surface area (TPSA) is 95.2 Å². The molecule has 0 spiro atoms. The Labute approximate surface area is 239 Å². The van der Waals surface area contributed by atoms with E-state index in [0.717, 1.165) is 11.6 Å². The maximum Gasteiger partial charge on any atom is 0.416 e. The number of hydrogen-bond donors (Lipinski definition) is 3. The van der Waals surface area contributed by atoms with Gasteiger partial charge in [-0.25, -0.2) is 0 Å². The summed E-state index contributed by atoms with van der Waals surface area (Å²) in [6.45, 7) is 4.27. The number of nitrogens with zero attached hydrogens (tertiary/aromatic N) is 2. The van der Waals surface area contributed by atoms with Crippen LogP contribution in [0.5, 0.6) is 5.75 Å². The second-order valence-corrected chi connectivity index (χ2v) is 10.1. The van der Waals surface area contributed by atoms with Crippen molar-refractivity contribution in [2.75, 3.05) is 65.5 Å². The Kier molecular flexibility index (Phi) is 11.8. The van der Waals surface area contributed by atoms with Crippen LogP contribution in [-0.4, -0.2) is 89.4 Å². The zero-order valence-electron chi connectivity index (χ0n) is 24.0. The number of halogens is 3. The largest absolute Gasteiger partial charge is 0.497 e. The summed E-state index contributed by atoms with van der Waals surface area (Å²) in [5.41, 5.74) is 1.39. The Hall–Kier alpha value is -3.35. The maximum absolute atomic E-state index is 13.6. The summed E-state index contributed by atoms with van der Waals surface area (Å²) in [6.07, 6.45) is -4.14. The van der Waals surface area contributed by atoms with Crippen LogP contribution in [0.25, 0.3) is 0 Å². The molecule has 1 aliphatic heterocycles. The van der Waals surface area contributed by atoms with Gasteiger partial charge in [0.2, 0.25) is 11.8 Å². The zero-order valence-corrected chi connectivity index (χ0v) is 24.0. The van der Waals surface area contributed by atoms with Crippen LogP contribution in [0.4, 0.5) is 18.9 Å². The van der Waals surface area contributed by atoms with E-state index in [2.05, 4.69) is 16.0 Å². The second kappa shape index (κ2) is 15.0. The summed E-state index contributed by atoms with van der Waals surface area (Å²) in [5, 5.41) is 8.86. The summed E-state index contributed by atoms with van der Waals surface area (Å²) in [4.78, 5) is 29.7. The molecule has 1 aliphatic rings. The predicted molar refractivity (Wildman–Crippen MR) is 151 cm³/mol. The quantitative estimate of drug-likeness (QED) is 0.336. The van der Waals surface area contributed by atoms with E-state index in [-0.39, 0.29) is 30.9 Å². The van der Waals surface area contributed by atoms with E-state index in [4.69, 9.17) is 9.47 Å². The van der Waals surface area contributed by atoms with Crippen molar-refractivity contribution in [2.24, 2.45) is 0 Å². The smallest absolute Gasteiger partial charge is 0.416 e. The lowest BCUT2D eigenvalue weighted by molar-refractivity contribution is -0.137. The van der Waals surface area contributed by atoms with Crippen LogP contribution >= 0.6 is 0 Å². The number of ether oxygens (including phenoxy) is 2. The molecule has 41 heavy (non-hydrogen) atoms. The van der Waals surface area contributed by atoms with Gasteiger partial charge in [0.25, 0.3) is 0 Å². The lowest BCUT2D eigenvalue weighted by atomic mass is 10.0. The van der Waals surface area contributed by atoms with Crippen LogP contribution in [0.3, 0.4) is 0 Å². The molecule has 2 amide bonds. The molecule has 1 saturated heterocycles. The van der Waals surface area contributed by atoms with Gasteiger partial charge in [0.1, 0.15) is 11.8 Å². The third-order valence-electron chi connectivity index (χ3n) is 6.97. The van der Waals surface area contributed by atoms with E-state index >= 15 is 0 Å². The third-order valence-corrected chi connectivity index (χ3v) is 6.97. The highest BCUT2D eigenvalue weighted by Gasteiger charge is 2.33. The minimum Gasteiger partial charge on any atom is -0.497 e. The highest BCUT2D eigenvalue weighted by molar-refractivity contribution is 5.88. The van der Waals surface area contributed by atoms with Crippen molar-refractivity contribution in [2.45, 2.75) is 38.1 Å². The number of carbonyl (C=O) groups excluding carboxylic acids is 2. The summed E-state index contributed by atoms with van der Waals surface area (Å²) in [5.74, 6) is 0.202. The van der Waals surface area contributed by atoms with Gasteiger partial charge in [-0.3, -0.25) is 9.59 Å². The van der Waals surface area contributed by atoms with Crippen LogP contribution in [0.2, 0.25) is 0 Å². The van der Waals surface area contributed by atoms with Crippen molar-refractivity contribution in [3.8, 4) is 5.75 Å². The van der Waals surface area contributed by atoms with Crippen molar-refractivity contribution in [3.63, 3.8) is 0 Å². The molecule has 0 aliphatic carbocycles. The third kappa shape index (κ3) is 9.34. The first-order valence-corrected chi connectivity index (χ1v) is 13.6. The van der Waals surface area contributed by atoms with Gasteiger partial charge in [0.05, 0.1) is 25.8 Å². The molecule has 2 aromatic rings. The van der Waals surface area contributed by atoms with Gasteiger partial charge in [-0.2, -0.15) is 13.2 Å². The lowest BCUT2D eigenvalue weighted by Crippen LogP contribution is -2.56. The average Bonchev–Trinajstić information content (AvgIpc) is 2.95. The molecule has 2 atom stereocenters. The molecule has 226 valence electrons. The van der Waals surface area contributed by atoms with Crippen LogP contribution in [-0.2, 0) is 33.5 Å². The monoisotopic (exact) mass is 579 g/mol. The molecule has 0 aromatic heterocycles. The number of amides is 2. The Bertz CT molecular complexity index is 1140. The molecule has 9 nitrogen and oxygen atoms in total. The molecule has 3 rings (SSSR count). The van der Waals surface area contributed by atoms with Crippen LogP contribution < -0.4 is 25.6 Å². The molecular weight excluding hydrogens is 539 g/mol. The van der Waals surface area contributed by atoms with E-state index in [1.165, 1.54) is 12.1 Å². The van der Waals surface area contributed by atoms with Crippen molar-refractivity contribution in [3.05, 3.63) is 59.2 Å². The maximum atomic E-state index is 13.6. The summed E-state index contributed by atoms with van der Waals surface area (Å²) >= 11 is 0. The zero-order chi connectivity index (χ0) is 30.0. The summed E-state index contributed by atoms with van der Waals surface area (Å²) < 4.78 is 50.8. The van der Waals surface area contributed by atoms with E-state index < -0.39 is 17.8 Å². The van der Waals surface area contributed by atoms with Crippen molar-refractivity contribution < 1.29 is 32.2 Å². The number of methoxy groups -OCH3 is 2. The SMILES string of the molecule is CNCC(=O)N[C@H](Cc1ccc(OC)cc1)C(=O)N1CCN(c2ccc(C(F)(F)F)cc2CNC(C)COC)CC1. The van der Waals surface area contributed by atoms with Crippen molar-refractivity contribution in [1.82, 2.24) is 20.9 Å². The van der Waals surface area contributed by atoms with E-state index in [0.29, 0.717) is 56.2 Å². The molecule has 0 saturated carbocycles. The van der Waals surface area contributed by atoms with Gasteiger partial charge in [-0.1, -0.05) is 12.1 Å². The molecule has 1 fully saturated rings. The highest BCUT2D eigenvalue weighted by atomic mass is 19.4. The number of anilines is 1. The number of alkyl halides is 3. The molecule has 1 heterocycles. The number of piperazine rings is 1. The van der Waals surface area contributed by atoms with Gasteiger partial charge in [-0.15, -0.1) is 0 Å². The number of nitrogens with one attached hydrogen (secondary N) is 3. The average molecular weight is 580 g/mol. The molecule has 12 heteroatoms. The normalized spacial score (nSPS) is 15.4. The lowest BCUT2D eigenvalue weighted by Gasteiger charge is -2.38. The van der Waals surface area contributed by atoms with Gasteiger partial charge in [0, 0.05) is 58.0 Å². The van der Waals surface area contributed by atoms with Crippen molar-refractivity contribution >= 4 is 17.5 Å². The summed E-state index contributed by atoms with van der Waals surface area (Å²) in [6, 6.07) is 10.3. The van der Waals surface area contributed by atoms with Crippen LogP contribution in [0.15, 0.2) is 42.5 Å². The molecule has 3 N–H and O–H groups in total. The fraction of sp³-hybridized carbons (Fsp3) is 0.517. The first-order chi connectivity index (χ1) is 19.5.